The van der Waals surface area contributed by atoms with E-state index in [-0.39, 0.29) is 19.6 Å². The predicted octanol–water partition coefficient (Wildman–Crippen LogP) is 2.52. The number of carbonyl (C=O) groups excluding carboxylic acids is 2. The highest BCUT2D eigenvalue weighted by Gasteiger charge is 2.26. The summed E-state index contributed by atoms with van der Waals surface area (Å²) in [6.45, 7) is 7.17. The molecule has 29 heavy (non-hydrogen) atoms. The van der Waals surface area contributed by atoms with Crippen LogP contribution in [0.2, 0.25) is 0 Å². The molecule has 2 heterocycles. The number of esters is 2. The van der Waals surface area contributed by atoms with E-state index in [1.165, 1.54) is 12.4 Å². The van der Waals surface area contributed by atoms with E-state index in [0.717, 1.165) is 0 Å². The molecule has 0 bridgehead atoms. The first-order valence-corrected chi connectivity index (χ1v) is 9.01. The number of H-pyrrole nitrogens is 2. The summed E-state index contributed by atoms with van der Waals surface area (Å²) in [7, 11) is 0. The second kappa shape index (κ2) is 9.58. The van der Waals surface area contributed by atoms with Gasteiger partial charge in [0.25, 0.3) is 0 Å². The second-order valence-electron chi connectivity index (χ2n) is 6.14. The lowest BCUT2D eigenvalue weighted by Crippen LogP contribution is -2.11. The molecule has 0 saturated heterocycles. The fourth-order valence-corrected chi connectivity index (χ4v) is 3.13. The molecule has 0 unspecified atom stereocenters. The van der Waals surface area contributed by atoms with Crippen LogP contribution in [0.25, 0.3) is 0 Å². The van der Waals surface area contributed by atoms with Crippen LogP contribution in [0.3, 0.4) is 0 Å². The minimum Gasteiger partial charge on any atom is -0.462 e. The molecule has 2 aromatic rings. The number of hydrogen-bond acceptors (Lipinski definition) is 8. The Morgan fingerprint density at radius 2 is 1.24 bits per heavy atom. The molecule has 0 aliphatic rings. The first-order chi connectivity index (χ1) is 13.9. The van der Waals surface area contributed by atoms with Gasteiger partial charge in [0.1, 0.15) is 0 Å². The van der Waals surface area contributed by atoms with Gasteiger partial charge in [-0.25, -0.2) is 9.59 Å². The van der Waals surface area contributed by atoms with Crippen molar-refractivity contribution in [3.63, 3.8) is 0 Å². The van der Waals surface area contributed by atoms with Gasteiger partial charge >= 0.3 is 11.9 Å². The Balaban J connectivity index is 2.61. The maximum atomic E-state index is 12.5. The quantitative estimate of drug-likeness (QED) is 0.230. The molecule has 0 spiro atoms. The number of nitrogens with zero attached hydrogens (tertiary/aromatic N) is 2. The summed E-state index contributed by atoms with van der Waals surface area (Å²) in [4.78, 5) is 31.0. The fourth-order valence-electron chi connectivity index (χ4n) is 3.13. The van der Waals surface area contributed by atoms with Crippen molar-refractivity contribution >= 4 is 24.4 Å². The van der Waals surface area contributed by atoms with Gasteiger partial charge in [0.05, 0.1) is 48.2 Å². The third kappa shape index (κ3) is 4.48. The molecule has 10 heteroatoms. The molecule has 0 fully saturated rings. The summed E-state index contributed by atoms with van der Waals surface area (Å²) >= 11 is 0. The van der Waals surface area contributed by atoms with Crippen molar-refractivity contribution < 1.29 is 29.5 Å². The van der Waals surface area contributed by atoms with Crippen molar-refractivity contribution in [1.29, 1.82) is 0 Å². The molecule has 4 N–H and O–H groups in total. The van der Waals surface area contributed by atoms with Crippen LogP contribution in [0.15, 0.2) is 10.3 Å². The van der Waals surface area contributed by atoms with Crippen molar-refractivity contribution in [3.05, 3.63) is 45.0 Å². The zero-order chi connectivity index (χ0) is 21.6. The van der Waals surface area contributed by atoms with Crippen LogP contribution in [0, 0.1) is 13.8 Å². The summed E-state index contributed by atoms with van der Waals surface area (Å²) in [6.07, 6.45) is 2.48. The van der Waals surface area contributed by atoms with E-state index in [2.05, 4.69) is 20.3 Å². The summed E-state index contributed by atoms with van der Waals surface area (Å²) in [5.41, 5.74) is 3.49. The summed E-state index contributed by atoms with van der Waals surface area (Å²) in [6, 6.07) is 0. The number of oxime groups is 2. The lowest BCUT2D eigenvalue weighted by Gasteiger charge is -2.07. The monoisotopic (exact) mass is 404 g/mol. The molecule has 0 aromatic carbocycles. The Morgan fingerprint density at radius 3 is 1.55 bits per heavy atom. The van der Waals surface area contributed by atoms with Crippen molar-refractivity contribution in [1.82, 2.24) is 9.97 Å². The van der Waals surface area contributed by atoms with Crippen molar-refractivity contribution in [3.8, 4) is 0 Å². The lowest BCUT2D eigenvalue weighted by atomic mass is 10.0. The van der Waals surface area contributed by atoms with Gasteiger partial charge in [-0.05, 0) is 38.8 Å². The Kier molecular flexibility index (Phi) is 7.18. The van der Waals surface area contributed by atoms with Gasteiger partial charge in [-0.3, -0.25) is 0 Å². The standard InChI is InChI=1S/C19H24N4O6/c1-5-28-18(24)16-10(3)14(8-20-26)22-12(16)7-13-17(19(25)29-6-2)11(4)15(23-13)9-21-27/h8-9,22-23,26-27H,5-7H2,1-4H3. The fraction of sp³-hybridized carbons (Fsp3) is 0.368. The van der Waals surface area contributed by atoms with Crippen molar-refractivity contribution in [2.75, 3.05) is 13.2 Å². The highest BCUT2D eigenvalue weighted by molar-refractivity contribution is 5.98. The van der Waals surface area contributed by atoms with Crippen LogP contribution >= 0.6 is 0 Å². The van der Waals surface area contributed by atoms with Gasteiger partial charge in [0.15, 0.2) is 0 Å². The Morgan fingerprint density at radius 1 is 0.862 bits per heavy atom. The van der Waals surface area contributed by atoms with Gasteiger partial charge in [0.2, 0.25) is 0 Å². The highest BCUT2D eigenvalue weighted by Crippen LogP contribution is 2.25. The SMILES string of the molecule is CCOC(=O)c1c(Cc2[nH]c(C=NO)c(C)c2C(=O)OCC)[nH]c(C=NO)c1C. The van der Waals surface area contributed by atoms with Crippen molar-refractivity contribution in [2.45, 2.75) is 34.1 Å². The molecule has 2 aromatic heterocycles. The van der Waals surface area contributed by atoms with Crippen molar-refractivity contribution in [2.24, 2.45) is 10.3 Å². The molecule has 10 nitrogen and oxygen atoms in total. The number of carbonyl (C=O) groups is 2. The topological polar surface area (TPSA) is 149 Å². The number of rotatable bonds is 8. The predicted molar refractivity (Wildman–Crippen MR) is 105 cm³/mol. The summed E-state index contributed by atoms with van der Waals surface area (Å²) < 4.78 is 10.3. The lowest BCUT2D eigenvalue weighted by molar-refractivity contribution is 0.0516. The summed E-state index contributed by atoms with van der Waals surface area (Å²) in [5, 5.41) is 23.8. The average molecular weight is 404 g/mol. The molecule has 0 amide bonds. The van der Waals surface area contributed by atoms with E-state index in [1.54, 1.807) is 27.7 Å². The zero-order valence-electron chi connectivity index (χ0n) is 16.7. The largest absolute Gasteiger partial charge is 0.462 e. The Bertz CT molecular complexity index is 878. The van der Waals surface area contributed by atoms with Crippen LogP contribution in [-0.2, 0) is 15.9 Å². The van der Waals surface area contributed by atoms with E-state index in [9.17, 15) is 9.59 Å². The number of aromatic nitrogens is 2. The first-order valence-electron chi connectivity index (χ1n) is 9.01. The van der Waals surface area contributed by atoms with Crippen LogP contribution < -0.4 is 0 Å². The molecule has 0 atom stereocenters. The number of aromatic amines is 2. The van der Waals surface area contributed by atoms with Gasteiger partial charge < -0.3 is 29.9 Å². The molecular weight excluding hydrogens is 380 g/mol. The van der Waals surface area contributed by atoms with E-state index in [1.807, 2.05) is 0 Å². The molecular formula is C19H24N4O6. The Hall–Kier alpha value is -3.56. The molecule has 0 radical (unpaired) electrons. The highest BCUT2D eigenvalue weighted by atomic mass is 16.5. The van der Waals surface area contributed by atoms with E-state index in [0.29, 0.717) is 45.0 Å². The first kappa shape index (κ1) is 21.7. The van der Waals surface area contributed by atoms with Crippen LogP contribution in [0.5, 0.6) is 0 Å². The molecule has 0 aliphatic carbocycles. The summed E-state index contributed by atoms with van der Waals surface area (Å²) in [5.74, 6) is -1.07. The minimum atomic E-state index is -0.535. The van der Waals surface area contributed by atoms with Gasteiger partial charge in [-0.1, -0.05) is 10.3 Å². The van der Waals surface area contributed by atoms with Crippen LogP contribution in [-0.4, -0.2) is 58.0 Å². The normalized spacial score (nSPS) is 11.4. The van der Waals surface area contributed by atoms with E-state index < -0.39 is 11.9 Å². The smallest absolute Gasteiger partial charge is 0.340 e. The maximum absolute atomic E-state index is 12.5. The molecule has 0 aliphatic heterocycles. The maximum Gasteiger partial charge on any atom is 0.340 e. The van der Waals surface area contributed by atoms with E-state index in [4.69, 9.17) is 19.9 Å². The second-order valence-corrected chi connectivity index (χ2v) is 6.14. The number of hydrogen-bond donors (Lipinski definition) is 4. The average Bonchev–Trinajstić information content (AvgIpc) is 3.13. The zero-order valence-corrected chi connectivity index (χ0v) is 16.7. The minimum absolute atomic E-state index is 0.127. The van der Waals surface area contributed by atoms with E-state index >= 15 is 0 Å². The molecule has 156 valence electrons. The van der Waals surface area contributed by atoms with Crippen LogP contribution in [0.4, 0.5) is 0 Å². The molecule has 2 rings (SSSR count). The third-order valence-corrected chi connectivity index (χ3v) is 4.42. The Labute approximate surface area is 167 Å². The van der Waals surface area contributed by atoms with Gasteiger partial charge in [-0.2, -0.15) is 0 Å². The number of ether oxygens (including phenoxy) is 2. The molecule has 0 saturated carbocycles. The van der Waals surface area contributed by atoms with Gasteiger partial charge in [-0.15, -0.1) is 0 Å². The van der Waals surface area contributed by atoms with Gasteiger partial charge in [0, 0.05) is 17.8 Å². The van der Waals surface area contributed by atoms with Crippen LogP contribution in [0.1, 0.15) is 68.5 Å². The third-order valence-electron chi connectivity index (χ3n) is 4.42. The number of nitrogens with one attached hydrogen (secondary N) is 2.